The summed E-state index contributed by atoms with van der Waals surface area (Å²) in [6, 6.07) is 8.66. The molecule has 5 nitrogen and oxygen atoms in total. The Morgan fingerprint density at radius 3 is 2.72 bits per heavy atom. The smallest absolute Gasteiger partial charge is 0.316 e. The van der Waals surface area contributed by atoms with E-state index in [1.54, 1.807) is 37.3 Å². The molecule has 0 amide bonds. The van der Waals surface area contributed by atoms with Gasteiger partial charge < -0.3 is 15.1 Å². The molecule has 0 spiro atoms. The van der Waals surface area contributed by atoms with Gasteiger partial charge >= 0.3 is 5.97 Å². The molecule has 6 heteroatoms. The standard InChI is InChI=1S/C12H15NO4S/c1-2-17-11(14)8-18-12(15,9-13-16)10-6-4-3-5-7-10/h3-7,9,15-16H,2,8H2,1H3/t12-/m0/s1. The van der Waals surface area contributed by atoms with Crippen LogP contribution in [0.25, 0.3) is 0 Å². The summed E-state index contributed by atoms with van der Waals surface area (Å²) in [6.07, 6.45) is 0.978. The van der Waals surface area contributed by atoms with Crippen LogP contribution in [0.1, 0.15) is 12.5 Å². The first kappa shape index (κ1) is 14.5. The maximum absolute atomic E-state index is 11.3. The molecule has 0 saturated heterocycles. The third-order valence-corrected chi connectivity index (χ3v) is 3.30. The van der Waals surface area contributed by atoms with Gasteiger partial charge in [0, 0.05) is 0 Å². The lowest BCUT2D eigenvalue weighted by atomic mass is 10.1. The number of carbonyl (C=O) groups is 1. The highest BCUT2D eigenvalue weighted by atomic mass is 32.2. The number of thioether (sulfide) groups is 1. The summed E-state index contributed by atoms with van der Waals surface area (Å²) >= 11 is 0.921. The lowest BCUT2D eigenvalue weighted by Crippen LogP contribution is -2.25. The van der Waals surface area contributed by atoms with Crippen molar-refractivity contribution in [2.45, 2.75) is 11.9 Å². The van der Waals surface area contributed by atoms with E-state index in [-0.39, 0.29) is 12.4 Å². The van der Waals surface area contributed by atoms with E-state index in [9.17, 15) is 9.90 Å². The predicted octanol–water partition coefficient (Wildman–Crippen LogP) is 1.59. The zero-order valence-corrected chi connectivity index (χ0v) is 10.8. The van der Waals surface area contributed by atoms with Crippen LogP contribution in [0.2, 0.25) is 0 Å². The predicted molar refractivity (Wildman–Crippen MR) is 69.7 cm³/mol. The monoisotopic (exact) mass is 269 g/mol. The first-order valence-corrected chi connectivity index (χ1v) is 6.37. The fourth-order valence-corrected chi connectivity index (χ4v) is 2.17. The molecule has 0 aromatic heterocycles. The molecule has 0 aliphatic heterocycles. The van der Waals surface area contributed by atoms with Gasteiger partial charge in [0.15, 0.2) is 4.93 Å². The summed E-state index contributed by atoms with van der Waals surface area (Å²) < 4.78 is 4.77. The Kier molecular flexibility index (Phi) is 5.67. The molecule has 0 heterocycles. The average molecular weight is 269 g/mol. The van der Waals surface area contributed by atoms with Crippen molar-refractivity contribution in [3.8, 4) is 0 Å². The molecule has 1 aromatic rings. The first-order chi connectivity index (χ1) is 8.62. The van der Waals surface area contributed by atoms with Crippen LogP contribution in [0.4, 0.5) is 0 Å². The minimum absolute atomic E-state index is 0.0365. The van der Waals surface area contributed by atoms with Crippen molar-refractivity contribution in [3.05, 3.63) is 35.9 Å². The van der Waals surface area contributed by atoms with Gasteiger partial charge in [0.25, 0.3) is 0 Å². The van der Waals surface area contributed by atoms with Crippen LogP contribution in [0.5, 0.6) is 0 Å². The molecule has 0 fully saturated rings. The van der Waals surface area contributed by atoms with Crippen LogP contribution in [0, 0.1) is 0 Å². The molecular formula is C12H15NO4S. The number of ether oxygens (including phenoxy) is 1. The summed E-state index contributed by atoms with van der Waals surface area (Å²) in [7, 11) is 0. The van der Waals surface area contributed by atoms with Gasteiger partial charge in [-0.1, -0.05) is 35.5 Å². The molecule has 0 saturated carbocycles. The normalized spacial score (nSPS) is 14.3. The number of carbonyl (C=O) groups excluding carboxylic acids is 1. The van der Waals surface area contributed by atoms with Crippen molar-refractivity contribution in [2.75, 3.05) is 12.4 Å². The van der Waals surface area contributed by atoms with Gasteiger partial charge in [0.2, 0.25) is 0 Å². The Morgan fingerprint density at radius 1 is 1.50 bits per heavy atom. The summed E-state index contributed by atoms with van der Waals surface area (Å²) in [5.74, 6) is -0.464. The van der Waals surface area contributed by atoms with E-state index in [4.69, 9.17) is 9.94 Å². The molecule has 0 unspecified atom stereocenters. The summed E-state index contributed by atoms with van der Waals surface area (Å²) in [4.78, 5) is 9.71. The molecule has 1 rings (SSSR count). The number of rotatable bonds is 6. The van der Waals surface area contributed by atoms with Crippen molar-refractivity contribution < 1.29 is 19.8 Å². The second kappa shape index (κ2) is 7.03. The zero-order valence-electron chi connectivity index (χ0n) is 9.94. The van der Waals surface area contributed by atoms with Crippen molar-refractivity contribution in [3.63, 3.8) is 0 Å². The van der Waals surface area contributed by atoms with E-state index in [0.29, 0.717) is 5.56 Å². The van der Waals surface area contributed by atoms with E-state index >= 15 is 0 Å². The second-order valence-corrected chi connectivity index (χ2v) is 4.60. The van der Waals surface area contributed by atoms with Crippen LogP contribution in [-0.2, 0) is 14.5 Å². The van der Waals surface area contributed by atoms with Crippen LogP contribution in [0.15, 0.2) is 35.5 Å². The number of nitrogens with zero attached hydrogens (tertiary/aromatic N) is 1. The number of esters is 1. The number of hydrogen-bond acceptors (Lipinski definition) is 6. The van der Waals surface area contributed by atoms with Crippen molar-refractivity contribution in [2.24, 2.45) is 5.16 Å². The van der Waals surface area contributed by atoms with Gasteiger partial charge in [0.05, 0.1) is 18.6 Å². The Labute approximate surface area is 109 Å². The van der Waals surface area contributed by atoms with Crippen LogP contribution in [0.3, 0.4) is 0 Å². The lowest BCUT2D eigenvalue weighted by molar-refractivity contribution is -0.139. The van der Waals surface area contributed by atoms with Crippen molar-refractivity contribution in [1.82, 2.24) is 0 Å². The van der Waals surface area contributed by atoms with E-state index in [1.165, 1.54) is 0 Å². The molecule has 1 atom stereocenters. The Bertz CT molecular complexity index is 410. The third kappa shape index (κ3) is 4.05. The molecule has 1 aromatic carbocycles. The minimum Gasteiger partial charge on any atom is -0.465 e. The van der Waals surface area contributed by atoms with Gasteiger partial charge in [-0.2, -0.15) is 0 Å². The highest BCUT2D eigenvalue weighted by Gasteiger charge is 2.29. The highest BCUT2D eigenvalue weighted by molar-refractivity contribution is 8.01. The van der Waals surface area contributed by atoms with Crippen LogP contribution < -0.4 is 0 Å². The third-order valence-electron chi connectivity index (χ3n) is 2.14. The zero-order chi connectivity index (χ0) is 13.4. The molecule has 0 aliphatic carbocycles. The summed E-state index contributed by atoms with van der Waals surface area (Å²) in [5, 5.41) is 21.8. The quantitative estimate of drug-likeness (QED) is 0.269. The van der Waals surface area contributed by atoms with Crippen LogP contribution in [-0.4, -0.2) is 34.9 Å². The number of benzene rings is 1. The first-order valence-electron chi connectivity index (χ1n) is 5.38. The molecule has 18 heavy (non-hydrogen) atoms. The molecule has 2 N–H and O–H groups in total. The van der Waals surface area contributed by atoms with E-state index in [1.807, 2.05) is 0 Å². The molecule has 0 aliphatic rings. The van der Waals surface area contributed by atoms with Crippen molar-refractivity contribution in [1.29, 1.82) is 0 Å². The minimum atomic E-state index is -1.55. The largest absolute Gasteiger partial charge is 0.465 e. The van der Waals surface area contributed by atoms with E-state index in [2.05, 4.69) is 5.16 Å². The van der Waals surface area contributed by atoms with E-state index in [0.717, 1.165) is 18.0 Å². The maximum Gasteiger partial charge on any atom is 0.316 e. The Morgan fingerprint density at radius 2 is 2.17 bits per heavy atom. The molecule has 0 bridgehead atoms. The maximum atomic E-state index is 11.3. The average Bonchev–Trinajstić information content (AvgIpc) is 2.38. The second-order valence-electron chi connectivity index (χ2n) is 3.40. The summed E-state index contributed by atoms with van der Waals surface area (Å²) in [5.41, 5.74) is 0.525. The van der Waals surface area contributed by atoms with Crippen LogP contribution >= 0.6 is 11.8 Å². The molecule has 0 radical (unpaired) electrons. The molecule has 98 valence electrons. The SMILES string of the molecule is CCOC(=O)CS[C@@](O)(C=NO)c1ccccc1. The van der Waals surface area contributed by atoms with Gasteiger partial charge in [0.1, 0.15) is 0 Å². The fraction of sp³-hybridized carbons (Fsp3) is 0.333. The number of aliphatic hydroxyl groups is 1. The lowest BCUT2D eigenvalue weighted by Gasteiger charge is -2.22. The van der Waals surface area contributed by atoms with Gasteiger partial charge in [-0.3, -0.25) is 4.79 Å². The Hall–Kier alpha value is -1.53. The van der Waals surface area contributed by atoms with Gasteiger partial charge in [-0.05, 0) is 12.5 Å². The number of hydrogen-bond donors (Lipinski definition) is 2. The topological polar surface area (TPSA) is 79.1 Å². The van der Waals surface area contributed by atoms with E-state index < -0.39 is 10.9 Å². The highest BCUT2D eigenvalue weighted by Crippen LogP contribution is 2.32. The number of oxime groups is 1. The van der Waals surface area contributed by atoms with Gasteiger partial charge in [-0.25, -0.2) is 0 Å². The van der Waals surface area contributed by atoms with Crippen molar-refractivity contribution >= 4 is 23.9 Å². The molecular weight excluding hydrogens is 254 g/mol. The Balaban J connectivity index is 2.79. The van der Waals surface area contributed by atoms with Gasteiger partial charge in [-0.15, -0.1) is 11.8 Å². The summed E-state index contributed by atoms with van der Waals surface area (Å²) in [6.45, 7) is 2.00. The fourth-order valence-electron chi connectivity index (χ4n) is 1.32.